The Bertz CT molecular complexity index is 987. The van der Waals surface area contributed by atoms with Gasteiger partial charge in [-0.25, -0.2) is 0 Å². The van der Waals surface area contributed by atoms with Gasteiger partial charge in [-0.05, 0) is 45.8 Å². The largest absolute Gasteiger partial charge is 0.370 e. The molecule has 0 aliphatic carbocycles. The van der Waals surface area contributed by atoms with Crippen molar-refractivity contribution in [3.05, 3.63) is 91.9 Å². The van der Waals surface area contributed by atoms with Gasteiger partial charge in [-0.15, -0.1) is 5.11 Å². The summed E-state index contributed by atoms with van der Waals surface area (Å²) in [7, 11) is 2.03. The van der Waals surface area contributed by atoms with Crippen molar-refractivity contribution in [3.8, 4) is 0 Å². The zero-order valence-electron chi connectivity index (χ0n) is 14.9. The number of anilines is 1. The van der Waals surface area contributed by atoms with Crippen molar-refractivity contribution >= 4 is 50.3 Å². The monoisotopic (exact) mass is 458 g/mol. The molecule has 0 fully saturated rings. The minimum Gasteiger partial charge on any atom is -0.370 e. The Kier molecular flexibility index (Phi) is 6.38. The summed E-state index contributed by atoms with van der Waals surface area (Å²) in [6, 6.07) is 20.5. The molecule has 0 spiro atoms. The third kappa shape index (κ3) is 4.94. The minimum atomic E-state index is -0.512. The van der Waals surface area contributed by atoms with Crippen molar-refractivity contribution in [3.63, 3.8) is 0 Å². The van der Waals surface area contributed by atoms with Crippen LogP contribution in [-0.4, -0.2) is 12.0 Å². The van der Waals surface area contributed by atoms with Crippen molar-refractivity contribution in [2.45, 2.75) is 6.54 Å². The predicted octanol–water partition coefficient (Wildman–Crippen LogP) is 7.06. The lowest BCUT2D eigenvalue weighted by atomic mass is 10.2. The lowest BCUT2D eigenvalue weighted by molar-refractivity contribution is -0.384. The molecule has 0 saturated carbocycles. The molecule has 0 bridgehead atoms. The van der Waals surface area contributed by atoms with Crippen molar-refractivity contribution in [2.24, 2.45) is 10.2 Å². The summed E-state index contributed by atoms with van der Waals surface area (Å²) < 4.78 is 0.412. The number of nitrogens with zero attached hydrogens (tertiary/aromatic N) is 4. The molecule has 3 aromatic carbocycles. The summed E-state index contributed by atoms with van der Waals surface area (Å²) in [5.74, 6) is 0. The molecule has 3 aromatic rings. The fraction of sp³-hybridized carbons (Fsp3) is 0.100. The SMILES string of the molecule is CN(Cc1ccccc1)c1ccc(N=Nc2c(Cl)cc([N+](=O)[O-])cc2Br)cc1. The second kappa shape index (κ2) is 8.95. The normalized spacial score (nSPS) is 11.0. The van der Waals surface area contributed by atoms with Gasteiger partial charge in [0.15, 0.2) is 0 Å². The molecule has 0 atom stereocenters. The zero-order valence-corrected chi connectivity index (χ0v) is 17.3. The first-order valence-corrected chi connectivity index (χ1v) is 9.51. The average molecular weight is 460 g/mol. The third-order valence-corrected chi connectivity index (χ3v) is 4.92. The van der Waals surface area contributed by atoms with E-state index < -0.39 is 4.92 Å². The first-order valence-electron chi connectivity index (χ1n) is 8.34. The quantitative estimate of drug-likeness (QED) is 0.225. The summed E-state index contributed by atoms with van der Waals surface area (Å²) in [6.07, 6.45) is 0. The Labute approximate surface area is 175 Å². The molecule has 0 amide bonds. The van der Waals surface area contributed by atoms with Crippen LogP contribution in [-0.2, 0) is 6.54 Å². The van der Waals surface area contributed by atoms with Gasteiger partial charge in [-0.3, -0.25) is 10.1 Å². The molecule has 0 aromatic heterocycles. The molecule has 8 heteroatoms. The Balaban J connectivity index is 1.73. The maximum Gasteiger partial charge on any atom is 0.272 e. The predicted molar refractivity (Wildman–Crippen MR) is 115 cm³/mol. The van der Waals surface area contributed by atoms with Gasteiger partial charge < -0.3 is 4.90 Å². The summed E-state index contributed by atoms with van der Waals surface area (Å²) in [6.45, 7) is 0.799. The standard InChI is InChI=1S/C20H16BrClN4O2/c1-25(13-14-5-3-2-4-6-14)16-9-7-15(8-10-16)23-24-20-18(21)11-17(26(27)28)12-19(20)22/h2-12H,13H2,1H3. The van der Waals surface area contributed by atoms with Gasteiger partial charge in [0.2, 0.25) is 0 Å². The summed E-state index contributed by atoms with van der Waals surface area (Å²) in [5.41, 5.74) is 3.17. The van der Waals surface area contributed by atoms with Crippen LogP contribution >= 0.6 is 27.5 Å². The van der Waals surface area contributed by atoms with Gasteiger partial charge >= 0.3 is 0 Å². The van der Waals surface area contributed by atoms with Crippen LogP contribution in [0.2, 0.25) is 5.02 Å². The van der Waals surface area contributed by atoms with E-state index in [2.05, 4.69) is 43.2 Å². The van der Waals surface area contributed by atoms with Crippen LogP contribution < -0.4 is 4.90 Å². The Morgan fingerprint density at radius 1 is 1.07 bits per heavy atom. The Morgan fingerprint density at radius 3 is 2.36 bits per heavy atom. The molecular weight excluding hydrogens is 444 g/mol. The highest BCUT2D eigenvalue weighted by Gasteiger charge is 2.14. The number of nitro groups is 1. The number of azo groups is 1. The molecule has 142 valence electrons. The van der Waals surface area contributed by atoms with E-state index in [1.165, 1.54) is 17.7 Å². The van der Waals surface area contributed by atoms with Crippen molar-refractivity contribution in [1.29, 1.82) is 0 Å². The second-order valence-electron chi connectivity index (χ2n) is 6.07. The van der Waals surface area contributed by atoms with Crippen LogP contribution in [0.3, 0.4) is 0 Å². The lowest BCUT2D eigenvalue weighted by Gasteiger charge is -2.19. The number of halogens is 2. The van der Waals surface area contributed by atoms with E-state index in [0.29, 0.717) is 15.8 Å². The van der Waals surface area contributed by atoms with E-state index in [1.807, 2.05) is 49.5 Å². The summed E-state index contributed by atoms with van der Waals surface area (Å²) in [4.78, 5) is 12.5. The Morgan fingerprint density at radius 2 is 1.75 bits per heavy atom. The number of hydrogen-bond acceptors (Lipinski definition) is 5. The van der Waals surface area contributed by atoms with Gasteiger partial charge in [0.25, 0.3) is 5.69 Å². The van der Waals surface area contributed by atoms with Gasteiger partial charge in [0.05, 0.1) is 20.1 Å². The molecule has 28 heavy (non-hydrogen) atoms. The summed E-state index contributed by atoms with van der Waals surface area (Å²) >= 11 is 9.35. The highest BCUT2D eigenvalue weighted by atomic mass is 79.9. The number of benzene rings is 3. The lowest BCUT2D eigenvalue weighted by Crippen LogP contribution is -2.15. The van der Waals surface area contributed by atoms with Gasteiger partial charge in [0, 0.05) is 31.4 Å². The molecule has 3 rings (SSSR count). The number of hydrogen-bond donors (Lipinski definition) is 0. The smallest absolute Gasteiger partial charge is 0.272 e. The maximum atomic E-state index is 10.9. The van der Waals surface area contributed by atoms with Crippen molar-refractivity contribution in [1.82, 2.24) is 0 Å². The van der Waals surface area contributed by atoms with Gasteiger partial charge in [0.1, 0.15) is 5.69 Å². The first kappa shape index (κ1) is 20.0. The molecule has 0 N–H and O–H groups in total. The molecule has 0 radical (unpaired) electrons. The summed E-state index contributed by atoms with van der Waals surface area (Å²) in [5, 5.41) is 19.3. The van der Waals surface area contributed by atoms with Crippen LogP contribution in [0.1, 0.15) is 5.56 Å². The minimum absolute atomic E-state index is 0.110. The van der Waals surface area contributed by atoms with Gasteiger partial charge in [-0.1, -0.05) is 41.9 Å². The van der Waals surface area contributed by atoms with Crippen molar-refractivity contribution < 1.29 is 4.92 Å². The van der Waals surface area contributed by atoms with Crippen LogP contribution in [0.25, 0.3) is 0 Å². The third-order valence-electron chi connectivity index (χ3n) is 4.03. The van der Waals surface area contributed by atoms with E-state index in [-0.39, 0.29) is 10.7 Å². The molecule has 6 nitrogen and oxygen atoms in total. The molecule has 0 heterocycles. The topological polar surface area (TPSA) is 71.1 Å². The first-order chi connectivity index (χ1) is 13.4. The Hall–Kier alpha value is -2.77. The fourth-order valence-electron chi connectivity index (χ4n) is 2.58. The second-order valence-corrected chi connectivity index (χ2v) is 7.33. The molecule has 0 aliphatic rings. The molecule has 0 saturated heterocycles. The van der Waals surface area contributed by atoms with Gasteiger partial charge in [-0.2, -0.15) is 5.11 Å². The van der Waals surface area contributed by atoms with Crippen molar-refractivity contribution in [2.75, 3.05) is 11.9 Å². The number of non-ortho nitro benzene ring substituents is 1. The van der Waals surface area contributed by atoms with E-state index in [1.54, 1.807) is 0 Å². The zero-order chi connectivity index (χ0) is 20.1. The van der Waals surface area contributed by atoms with Crippen LogP contribution in [0.5, 0.6) is 0 Å². The maximum absolute atomic E-state index is 10.9. The van der Waals surface area contributed by atoms with Crippen LogP contribution in [0, 0.1) is 10.1 Å². The molecule has 0 aliphatic heterocycles. The highest BCUT2D eigenvalue weighted by molar-refractivity contribution is 9.10. The average Bonchev–Trinajstić information content (AvgIpc) is 2.68. The molecular formula is C20H16BrClN4O2. The van der Waals surface area contributed by atoms with E-state index in [0.717, 1.165) is 12.2 Å². The van der Waals surface area contributed by atoms with E-state index in [4.69, 9.17) is 11.6 Å². The molecule has 0 unspecified atom stereocenters. The number of nitro benzene ring substituents is 1. The van der Waals surface area contributed by atoms with Crippen LogP contribution in [0.15, 0.2) is 81.4 Å². The van der Waals surface area contributed by atoms with Crippen LogP contribution in [0.4, 0.5) is 22.7 Å². The fourth-order valence-corrected chi connectivity index (χ4v) is 3.48. The number of rotatable bonds is 6. The van der Waals surface area contributed by atoms with E-state index >= 15 is 0 Å². The van der Waals surface area contributed by atoms with E-state index in [9.17, 15) is 10.1 Å². The highest BCUT2D eigenvalue weighted by Crippen LogP contribution is 2.38.